The molecular weight excluding hydrogens is 454 g/mol. The topological polar surface area (TPSA) is 48.0 Å². The molecule has 4 rings (SSSR count). The fourth-order valence-corrected chi connectivity index (χ4v) is 4.47. The third kappa shape index (κ3) is 5.70. The number of halogens is 4. The minimum absolute atomic E-state index is 0.108. The number of rotatable bonds is 7. The molecule has 5 nitrogen and oxygen atoms in total. The van der Waals surface area contributed by atoms with Gasteiger partial charge in [-0.2, -0.15) is 13.2 Å². The Labute approximate surface area is 195 Å². The largest absolute Gasteiger partial charge is 0.489 e. The van der Waals surface area contributed by atoms with E-state index in [1.807, 2.05) is 4.90 Å². The molecule has 0 aliphatic carbocycles. The molecule has 34 heavy (non-hydrogen) atoms. The molecule has 2 heterocycles. The predicted molar refractivity (Wildman–Crippen MR) is 116 cm³/mol. The van der Waals surface area contributed by atoms with Crippen molar-refractivity contribution in [3.63, 3.8) is 0 Å². The first-order valence-electron chi connectivity index (χ1n) is 11.2. The smallest absolute Gasteiger partial charge is 0.416 e. The van der Waals surface area contributed by atoms with Crippen LogP contribution in [0.2, 0.25) is 0 Å². The van der Waals surface area contributed by atoms with Crippen LogP contribution < -0.4 is 4.74 Å². The Hall–Kier alpha value is -2.65. The molecule has 0 bridgehead atoms. The Balaban J connectivity index is 1.38. The molecule has 2 aromatic rings. The number of benzene rings is 2. The number of esters is 1. The van der Waals surface area contributed by atoms with Crippen molar-refractivity contribution >= 4 is 5.97 Å². The summed E-state index contributed by atoms with van der Waals surface area (Å²) in [5, 5.41) is 0. The van der Waals surface area contributed by atoms with Gasteiger partial charge in [0.05, 0.1) is 18.6 Å². The lowest BCUT2D eigenvalue weighted by atomic mass is 9.87. The van der Waals surface area contributed by atoms with Crippen molar-refractivity contribution in [2.45, 2.75) is 38.1 Å². The second kappa shape index (κ2) is 10.3. The standard InChI is InChI=1S/C25H27F4NO4/c1-32-24(31)19-13-30(14-19)12-18-3-4-20(11-23(18)26)34-15-16-2-5-21(17-6-8-33-9-7-17)22(10-16)25(27,28)29/h2-5,10-11,17,19H,6-9,12-15H2,1H3. The predicted octanol–water partition coefficient (Wildman–Crippen LogP) is 4.92. The average Bonchev–Trinajstić information content (AvgIpc) is 2.80. The van der Waals surface area contributed by atoms with Gasteiger partial charge < -0.3 is 14.2 Å². The van der Waals surface area contributed by atoms with Crippen LogP contribution >= 0.6 is 0 Å². The molecular formula is C25H27F4NO4. The first-order valence-corrected chi connectivity index (χ1v) is 11.2. The van der Waals surface area contributed by atoms with Crippen molar-refractivity contribution in [1.82, 2.24) is 4.90 Å². The lowest BCUT2D eigenvalue weighted by Crippen LogP contribution is -2.50. The monoisotopic (exact) mass is 481 g/mol. The van der Waals surface area contributed by atoms with Crippen LogP contribution in [0.25, 0.3) is 0 Å². The van der Waals surface area contributed by atoms with E-state index in [9.17, 15) is 22.4 Å². The Morgan fingerprint density at radius 1 is 1.12 bits per heavy atom. The van der Waals surface area contributed by atoms with Gasteiger partial charge in [0.25, 0.3) is 0 Å². The lowest BCUT2D eigenvalue weighted by Gasteiger charge is -2.37. The van der Waals surface area contributed by atoms with Crippen molar-refractivity contribution in [1.29, 1.82) is 0 Å². The minimum atomic E-state index is -4.47. The highest BCUT2D eigenvalue weighted by Crippen LogP contribution is 2.39. The van der Waals surface area contributed by atoms with Gasteiger partial charge in [-0.05, 0) is 42.0 Å². The van der Waals surface area contributed by atoms with Crippen molar-refractivity contribution in [3.8, 4) is 5.75 Å². The Morgan fingerprint density at radius 2 is 1.85 bits per heavy atom. The molecule has 0 N–H and O–H groups in total. The normalized spacial score (nSPS) is 17.9. The average molecular weight is 481 g/mol. The summed E-state index contributed by atoms with van der Waals surface area (Å²) in [5.41, 5.74) is 0.454. The molecule has 2 aliphatic rings. The van der Waals surface area contributed by atoms with E-state index in [0.717, 1.165) is 6.07 Å². The maximum Gasteiger partial charge on any atom is 0.416 e. The third-order valence-corrected chi connectivity index (χ3v) is 6.40. The summed E-state index contributed by atoms with van der Waals surface area (Å²) in [5.74, 6) is -0.870. The van der Waals surface area contributed by atoms with Crippen molar-refractivity contribution in [2.24, 2.45) is 5.92 Å². The van der Waals surface area contributed by atoms with Crippen molar-refractivity contribution in [2.75, 3.05) is 33.4 Å². The summed E-state index contributed by atoms with van der Waals surface area (Å²) in [4.78, 5) is 13.4. The number of nitrogens with zero attached hydrogens (tertiary/aromatic N) is 1. The van der Waals surface area contributed by atoms with Crippen LogP contribution in [0.3, 0.4) is 0 Å². The SMILES string of the molecule is COC(=O)C1CN(Cc2ccc(OCc3ccc(C4CCOCC4)c(C(F)(F)F)c3)cc2F)C1. The molecule has 9 heteroatoms. The molecule has 0 radical (unpaired) electrons. The third-order valence-electron chi connectivity index (χ3n) is 6.40. The summed E-state index contributed by atoms with van der Waals surface area (Å²) >= 11 is 0. The summed E-state index contributed by atoms with van der Waals surface area (Å²) in [6.07, 6.45) is -3.35. The van der Waals surface area contributed by atoms with E-state index in [1.54, 1.807) is 18.2 Å². The van der Waals surface area contributed by atoms with Crippen LogP contribution in [0, 0.1) is 11.7 Å². The number of alkyl halides is 3. The van der Waals surface area contributed by atoms with Gasteiger partial charge in [0.15, 0.2) is 0 Å². The minimum Gasteiger partial charge on any atom is -0.489 e. The van der Waals surface area contributed by atoms with Gasteiger partial charge in [0.1, 0.15) is 18.2 Å². The van der Waals surface area contributed by atoms with E-state index in [4.69, 9.17) is 14.2 Å². The highest BCUT2D eigenvalue weighted by molar-refractivity contribution is 5.73. The molecule has 2 saturated heterocycles. The second-order valence-corrected chi connectivity index (χ2v) is 8.76. The summed E-state index contributed by atoms with van der Waals surface area (Å²) < 4.78 is 71.3. The molecule has 2 aliphatic heterocycles. The fourth-order valence-electron chi connectivity index (χ4n) is 4.47. The van der Waals surface area contributed by atoms with Gasteiger partial charge >= 0.3 is 12.1 Å². The first-order chi connectivity index (χ1) is 16.2. The van der Waals surface area contributed by atoms with E-state index >= 15 is 0 Å². The lowest BCUT2D eigenvalue weighted by molar-refractivity contribution is -0.151. The number of hydrogen-bond acceptors (Lipinski definition) is 5. The van der Waals surface area contributed by atoms with Gasteiger partial charge in [0, 0.05) is 44.5 Å². The number of carbonyl (C=O) groups is 1. The van der Waals surface area contributed by atoms with Gasteiger partial charge in [-0.3, -0.25) is 9.69 Å². The zero-order valence-corrected chi connectivity index (χ0v) is 18.9. The number of ether oxygens (including phenoxy) is 3. The number of hydrogen-bond donors (Lipinski definition) is 0. The van der Waals surface area contributed by atoms with E-state index in [2.05, 4.69) is 0 Å². The van der Waals surface area contributed by atoms with Crippen LogP contribution in [0.15, 0.2) is 36.4 Å². The molecule has 2 aromatic carbocycles. The van der Waals surface area contributed by atoms with Crippen LogP contribution in [-0.2, 0) is 33.6 Å². The molecule has 0 aromatic heterocycles. The molecule has 0 saturated carbocycles. The quantitative estimate of drug-likeness (QED) is 0.415. The Bertz CT molecular complexity index is 1010. The molecule has 184 valence electrons. The number of methoxy groups -OCH3 is 1. The van der Waals surface area contributed by atoms with Crippen LogP contribution in [-0.4, -0.2) is 44.3 Å². The van der Waals surface area contributed by atoms with E-state index < -0.39 is 17.6 Å². The summed E-state index contributed by atoms with van der Waals surface area (Å²) in [6.45, 7) is 2.17. The zero-order valence-electron chi connectivity index (χ0n) is 18.9. The Morgan fingerprint density at radius 3 is 2.50 bits per heavy atom. The van der Waals surface area contributed by atoms with Crippen LogP contribution in [0.5, 0.6) is 5.75 Å². The van der Waals surface area contributed by atoms with Gasteiger partial charge in [0.2, 0.25) is 0 Å². The number of carbonyl (C=O) groups excluding carboxylic acids is 1. The second-order valence-electron chi connectivity index (χ2n) is 8.76. The maximum atomic E-state index is 14.5. The van der Waals surface area contributed by atoms with Crippen LogP contribution in [0.1, 0.15) is 41.0 Å². The molecule has 2 fully saturated rings. The Kier molecular flexibility index (Phi) is 7.42. The van der Waals surface area contributed by atoms with E-state index in [0.29, 0.717) is 56.8 Å². The van der Waals surface area contributed by atoms with E-state index in [1.165, 1.54) is 19.2 Å². The maximum absolute atomic E-state index is 14.5. The summed E-state index contributed by atoms with van der Waals surface area (Å²) in [6, 6.07) is 8.69. The van der Waals surface area contributed by atoms with Gasteiger partial charge in [-0.15, -0.1) is 0 Å². The molecule has 0 amide bonds. The first kappa shape index (κ1) is 24.5. The van der Waals surface area contributed by atoms with Crippen molar-refractivity contribution in [3.05, 3.63) is 64.5 Å². The highest BCUT2D eigenvalue weighted by Gasteiger charge is 2.36. The highest BCUT2D eigenvalue weighted by atomic mass is 19.4. The molecule has 0 atom stereocenters. The van der Waals surface area contributed by atoms with Crippen LogP contribution in [0.4, 0.5) is 17.6 Å². The van der Waals surface area contributed by atoms with Gasteiger partial charge in [-0.25, -0.2) is 4.39 Å². The zero-order chi connectivity index (χ0) is 24.3. The molecule has 0 unspecified atom stereocenters. The van der Waals surface area contributed by atoms with Crippen molar-refractivity contribution < 1.29 is 36.6 Å². The fraction of sp³-hybridized carbons (Fsp3) is 0.480. The molecule has 0 spiro atoms. The van der Waals surface area contributed by atoms with E-state index in [-0.39, 0.29) is 35.7 Å². The number of likely N-dealkylation sites (tertiary alicyclic amines) is 1. The van der Waals surface area contributed by atoms with Gasteiger partial charge in [-0.1, -0.05) is 18.2 Å². The summed E-state index contributed by atoms with van der Waals surface area (Å²) in [7, 11) is 1.34.